The molecule has 1 spiro atoms. The van der Waals surface area contributed by atoms with E-state index in [1.165, 1.54) is 0 Å². The largest absolute Gasteiger partial charge is 0.494 e. The van der Waals surface area contributed by atoms with Gasteiger partial charge in [0.2, 0.25) is 0 Å². The molecule has 29 heavy (non-hydrogen) atoms. The lowest BCUT2D eigenvalue weighted by Gasteiger charge is -2.30. The molecule has 8 nitrogen and oxygen atoms in total. The van der Waals surface area contributed by atoms with E-state index in [-0.39, 0.29) is 24.7 Å². The van der Waals surface area contributed by atoms with Crippen LogP contribution in [0.15, 0.2) is 24.3 Å². The first-order chi connectivity index (χ1) is 13.9. The molecule has 1 aromatic rings. The summed E-state index contributed by atoms with van der Waals surface area (Å²) in [5, 5.41) is 2.80. The summed E-state index contributed by atoms with van der Waals surface area (Å²) in [4.78, 5) is 50.0. The van der Waals surface area contributed by atoms with Crippen molar-refractivity contribution in [3.8, 4) is 5.75 Å². The molecule has 0 atom stereocenters. The van der Waals surface area contributed by atoms with Gasteiger partial charge < -0.3 is 14.8 Å². The normalized spacial score (nSPS) is 17.9. The van der Waals surface area contributed by atoms with Gasteiger partial charge in [-0.3, -0.25) is 19.3 Å². The quantitative estimate of drug-likeness (QED) is 0.407. The molecule has 0 bridgehead atoms. The van der Waals surface area contributed by atoms with Gasteiger partial charge in [-0.05, 0) is 44.0 Å². The van der Waals surface area contributed by atoms with E-state index in [0.717, 1.165) is 24.2 Å². The third-order valence-electron chi connectivity index (χ3n) is 5.34. The number of imide groups is 1. The second-order valence-corrected chi connectivity index (χ2v) is 7.32. The highest BCUT2D eigenvalue weighted by atomic mass is 16.5. The molecule has 0 aromatic heterocycles. The van der Waals surface area contributed by atoms with Gasteiger partial charge in [0.25, 0.3) is 5.91 Å². The Labute approximate surface area is 169 Å². The minimum absolute atomic E-state index is 0.0531. The summed E-state index contributed by atoms with van der Waals surface area (Å²) < 4.78 is 10.3. The molecule has 1 heterocycles. The molecule has 2 aliphatic rings. The standard InChI is InChI=1S/C21H26N2O6/c1-2-28-16-8-6-15(7-9-16)17(24)14-29-18(25)10-13-23-19(26)21(22-20(23)27)11-4-3-5-12-21/h6-9H,2-5,10-14H2,1H3,(H,22,27). The number of amides is 3. The number of hydrogen-bond donors (Lipinski definition) is 1. The van der Waals surface area contributed by atoms with Crippen LogP contribution in [-0.4, -0.2) is 53.9 Å². The van der Waals surface area contributed by atoms with Gasteiger partial charge in [-0.15, -0.1) is 0 Å². The van der Waals surface area contributed by atoms with E-state index in [9.17, 15) is 19.2 Å². The summed E-state index contributed by atoms with van der Waals surface area (Å²) in [5.41, 5.74) is -0.391. The number of carbonyl (C=O) groups excluding carboxylic acids is 4. The van der Waals surface area contributed by atoms with Crippen LogP contribution >= 0.6 is 0 Å². The maximum Gasteiger partial charge on any atom is 0.325 e. The molecule has 3 amide bonds. The fraction of sp³-hybridized carbons (Fsp3) is 0.524. The number of carbonyl (C=O) groups is 4. The van der Waals surface area contributed by atoms with Gasteiger partial charge in [0.1, 0.15) is 11.3 Å². The number of benzene rings is 1. The molecular formula is C21H26N2O6. The van der Waals surface area contributed by atoms with Gasteiger partial charge in [-0.1, -0.05) is 19.3 Å². The van der Waals surface area contributed by atoms with Crippen molar-refractivity contribution in [3.05, 3.63) is 29.8 Å². The molecule has 0 radical (unpaired) electrons. The lowest BCUT2D eigenvalue weighted by Crippen LogP contribution is -2.48. The fourth-order valence-electron chi connectivity index (χ4n) is 3.78. The number of ether oxygens (including phenoxy) is 2. The van der Waals surface area contributed by atoms with E-state index < -0.39 is 24.1 Å². The van der Waals surface area contributed by atoms with E-state index in [0.29, 0.717) is 30.8 Å². The maximum atomic E-state index is 12.7. The van der Waals surface area contributed by atoms with Gasteiger partial charge in [0.05, 0.1) is 13.0 Å². The molecule has 156 valence electrons. The predicted molar refractivity (Wildman–Crippen MR) is 104 cm³/mol. The summed E-state index contributed by atoms with van der Waals surface area (Å²) in [6, 6.07) is 6.11. The smallest absolute Gasteiger partial charge is 0.325 e. The number of esters is 1. The van der Waals surface area contributed by atoms with E-state index >= 15 is 0 Å². The van der Waals surface area contributed by atoms with E-state index in [1.54, 1.807) is 24.3 Å². The van der Waals surface area contributed by atoms with Crippen molar-refractivity contribution < 1.29 is 28.7 Å². The highest BCUT2D eigenvalue weighted by Gasteiger charge is 2.51. The Morgan fingerprint density at radius 2 is 1.79 bits per heavy atom. The van der Waals surface area contributed by atoms with E-state index in [4.69, 9.17) is 9.47 Å². The van der Waals surface area contributed by atoms with Crippen LogP contribution in [0.5, 0.6) is 5.75 Å². The van der Waals surface area contributed by atoms with Crippen LogP contribution in [0.4, 0.5) is 4.79 Å². The molecule has 1 aromatic carbocycles. The maximum absolute atomic E-state index is 12.7. The lowest BCUT2D eigenvalue weighted by atomic mass is 9.82. The molecule has 1 saturated heterocycles. The Kier molecular flexibility index (Phi) is 6.51. The molecule has 3 rings (SSSR count). The van der Waals surface area contributed by atoms with Crippen LogP contribution in [0.25, 0.3) is 0 Å². The molecule has 0 unspecified atom stereocenters. The van der Waals surface area contributed by atoms with Gasteiger partial charge in [-0.25, -0.2) is 4.79 Å². The van der Waals surface area contributed by atoms with Crippen molar-refractivity contribution in [1.82, 2.24) is 10.2 Å². The number of nitrogens with zero attached hydrogens (tertiary/aromatic N) is 1. The van der Waals surface area contributed by atoms with Crippen molar-refractivity contribution in [1.29, 1.82) is 0 Å². The minimum Gasteiger partial charge on any atom is -0.494 e. The molecule has 8 heteroatoms. The first-order valence-electron chi connectivity index (χ1n) is 10.0. The SMILES string of the molecule is CCOc1ccc(C(=O)COC(=O)CCN2C(=O)NC3(CCCCC3)C2=O)cc1. The molecule has 1 saturated carbocycles. The van der Waals surface area contributed by atoms with Crippen LogP contribution < -0.4 is 10.1 Å². The highest BCUT2D eigenvalue weighted by Crippen LogP contribution is 2.33. The van der Waals surface area contributed by atoms with Crippen molar-refractivity contribution in [3.63, 3.8) is 0 Å². The Morgan fingerprint density at radius 3 is 2.45 bits per heavy atom. The Morgan fingerprint density at radius 1 is 1.10 bits per heavy atom. The molecule has 2 fully saturated rings. The summed E-state index contributed by atoms with van der Waals surface area (Å²) >= 11 is 0. The van der Waals surface area contributed by atoms with Crippen LogP contribution in [-0.2, 0) is 14.3 Å². The summed E-state index contributed by atoms with van der Waals surface area (Å²) in [6.45, 7) is 1.95. The number of rotatable bonds is 8. The summed E-state index contributed by atoms with van der Waals surface area (Å²) in [5.74, 6) is -0.571. The summed E-state index contributed by atoms with van der Waals surface area (Å²) in [7, 11) is 0. The van der Waals surface area contributed by atoms with Crippen molar-refractivity contribution in [2.45, 2.75) is 51.0 Å². The Hall–Kier alpha value is -2.90. The molecule has 1 aliphatic carbocycles. The fourth-order valence-corrected chi connectivity index (χ4v) is 3.78. The van der Waals surface area contributed by atoms with Gasteiger partial charge in [0.15, 0.2) is 12.4 Å². The zero-order valence-corrected chi connectivity index (χ0v) is 16.6. The van der Waals surface area contributed by atoms with E-state index in [1.807, 2.05) is 6.92 Å². The number of ketones is 1. The van der Waals surface area contributed by atoms with Crippen molar-refractivity contribution in [2.24, 2.45) is 0 Å². The summed E-state index contributed by atoms with van der Waals surface area (Å²) in [6.07, 6.45) is 3.97. The number of hydrogen-bond acceptors (Lipinski definition) is 6. The second-order valence-electron chi connectivity index (χ2n) is 7.32. The van der Waals surface area contributed by atoms with E-state index in [2.05, 4.69) is 5.32 Å². The van der Waals surface area contributed by atoms with Crippen molar-refractivity contribution in [2.75, 3.05) is 19.8 Å². The van der Waals surface area contributed by atoms with Crippen molar-refractivity contribution >= 4 is 23.7 Å². The molecule has 1 aliphatic heterocycles. The van der Waals surface area contributed by atoms with Gasteiger partial charge >= 0.3 is 12.0 Å². The first kappa shape index (κ1) is 20.8. The van der Waals surface area contributed by atoms with Crippen LogP contribution in [0.3, 0.4) is 0 Å². The number of urea groups is 1. The topological polar surface area (TPSA) is 102 Å². The van der Waals surface area contributed by atoms with Crippen LogP contribution in [0, 0.1) is 0 Å². The predicted octanol–water partition coefficient (Wildman–Crippen LogP) is 2.46. The minimum atomic E-state index is -0.803. The highest BCUT2D eigenvalue weighted by molar-refractivity contribution is 6.07. The molecular weight excluding hydrogens is 376 g/mol. The van der Waals surface area contributed by atoms with Gasteiger partial charge in [0, 0.05) is 12.1 Å². The second kappa shape index (κ2) is 9.07. The third kappa shape index (κ3) is 4.75. The van der Waals surface area contributed by atoms with Gasteiger partial charge in [-0.2, -0.15) is 0 Å². The third-order valence-corrected chi connectivity index (χ3v) is 5.34. The first-order valence-corrected chi connectivity index (χ1v) is 10.0. The zero-order valence-electron chi connectivity index (χ0n) is 16.6. The van der Waals surface area contributed by atoms with Crippen LogP contribution in [0.2, 0.25) is 0 Å². The Balaban J connectivity index is 1.45. The lowest BCUT2D eigenvalue weighted by molar-refractivity contribution is -0.143. The average molecular weight is 402 g/mol. The Bertz CT molecular complexity index is 783. The molecule has 1 N–H and O–H groups in total. The monoisotopic (exact) mass is 402 g/mol. The average Bonchev–Trinajstić information content (AvgIpc) is 2.95. The number of Topliss-reactive ketones (excluding diaryl/α,β-unsaturated/α-hetero) is 1. The number of nitrogens with one attached hydrogen (secondary N) is 1. The zero-order chi connectivity index (χ0) is 20.9. The van der Waals surface area contributed by atoms with Crippen LogP contribution in [0.1, 0.15) is 55.8 Å².